The molecule has 1 aliphatic heterocycles. The summed E-state index contributed by atoms with van der Waals surface area (Å²) in [6.45, 7) is 7.88. The second-order valence-corrected chi connectivity index (χ2v) is 6.23. The summed E-state index contributed by atoms with van der Waals surface area (Å²) < 4.78 is 10.8. The fourth-order valence-electron chi connectivity index (χ4n) is 2.33. The molecule has 0 unspecified atom stereocenters. The Labute approximate surface area is 120 Å². The van der Waals surface area contributed by atoms with Gasteiger partial charge < -0.3 is 19.4 Å². The maximum Gasteiger partial charge on any atom is 0.318 e. The van der Waals surface area contributed by atoms with E-state index >= 15 is 0 Å². The van der Waals surface area contributed by atoms with Crippen LogP contribution in [0.2, 0.25) is 0 Å². The van der Waals surface area contributed by atoms with Crippen LogP contribution in [0.15, 0.2) is 22.8 Å². The molecule has 112 valence electrons. The summed E-state index contributed by atoms with van der Waals surface area (Å²) in [5.41, 5.74) is -0.246. The summed E-state index contributed by atoms with van der Waals surface area (Å²) in [7, 11) is 0. The molecule has 1 aromatic rings. The predicted molar refractivity (Wildman–Crippen MR) is 76.4 cm³/mol. The highest BCUT2D eigenvalue weighted by atomic mass is 16.5. The molecule has 0 atom stereocenters. The average molecular weight is 280 g/mol. The lowest BCUT2D eigenvalue weighted by Crippen LogP contribution is -2.52. The third-order valence-electron chi connectivity index (χ3n) is 3.28. The SMILES string of the molecule is CC(C)(C)NC(=O)N(Cc1ccco1)C1CCOCC1. The monoisotopic (exact) mass is 280 g/mol. The first kappa shape index (κ1) is 14.9. The van der Waals surface area contributed by atoms with Crippen LogP contribution >= 0.6 is 0 Å². The van der Waals surface area contributed by atoms with Crippen molar-refractivity contribution in [2.45, 2.75) is 51.7 Å². The first-order chi connectivity index (χ1) is 9.46. The van der Waals surface area contributed by atoms with Gasteiger partial charge in [0, 0.05) is 24.8 Å². The normalized spacial score (nSPS) is 16.9. The number of hydrogen-bond donors (Lipinski definition) is 1. The summed E-state index contributed by atoms with van der Waals surface area (Å²) in [6.07, 6.45) is 3.38. The quantitative estimate of drug-likeness (QED) is 0.926. The zero-order chi connectivity index (χ0) is 14.6. The van der Waals surface area contributed by atoms with Crippen LogP contribution in [0.4, 0.5) is 4.79 Å². The first-order valence-electron chi connectivity index (χ1n) is 7.14. The molecular formula is C15H24N2O3. The van der Waals surface area contributed by atoms with Crippen LogP contribution < -0.4 is 5.32 Å². The van der Waals surface area contributed by atoms with E-state index in [1.165, 1.54) is 0 Å². The average Bonchev–Trinajstić information content (AvgIpc) is 2.87. The van der Waals surface area contributed by atoms with Crippen LogP contribution in [0, 0.1) is 0 Å². The Morgan fingerprint density at radius 2 is 2.10 bits per heavy atom. The molecular weight excluding hydrogens is 256 g/mol. The highest BCUT2D eigenvalue weighted by molar-refractivity contribution is 5.75. The zero-order valence-corrected chi connectivity index (χ0v) is 12.5. The Balaban J connectivity index is 2.08. The molecule has 1 aliphatic rings. The van der Waals surface area contributed by atoms with Crippen LogP contribution in [0.3, 0.4) is 0 Å². The zero-order valence-electron chi connectivity index (χ0n) is 12.5. The van der Waals surface area contributed by atoms with Crippen LogP contribution in [0.1, 0.15) is 39.4 Å². The van der Waals surface area contributed by atoms with E-state index in [1.54, 1.807) is 6.26 Å². The van der Waals surface area contributed by atoms with Crippen LogP contribution in [0.5, 0.6) is 0 Å². The summed E-state index contributed by atoms with van der Waals surface area (Å²) >= 11 is 0. The van der Waals surface area contributed by atoms with Gasteiger partial charge in [0.25, 0.3) is 0 Å². The van der Waals surface area contributed by atoms with Crippen LogP contribution in [-0.2, 0) is 11.3 Å². The van der Waals surface area contributed by atoms with Crippen molar-refractivity contribution in [1.82, 2.24) is 10.2 Å². The highest BCUT2D eigenvalue weighted by Crippen LogP contribution is 2.18. The van der Waals surface area contributed by atoms with Gasteiger partial charge in [-0.15, -0.1) is 0 Å². The number of hydrogen-bond acceptors (Lipinski definition) is 3. The lowest BCUT2D eigenvalue weighted by molar-refractivity contribution is 0.0409. The molecule has 0 aliphatic carbocycles. The van der Waals surface area contributed by atoms with Gasteiger partial charge in [-0.3, -0.25) is 0 Å². The van der Waals surface area contributed by atoms with Gasteiger partial charge in [0.15, 0.2) is 0 Å². The maximum absolute atomic E-state index is 12.5. The van der Waals surface area contributed by atoms with Gasteiger partial charge in [-0.25, -0.2) is 4.79 Å². The molecule has 2 rings (SSSR count). The fraction of sp³-hybridized carbons (Fsp3) is 0.667. The van der Waals surface area contributed by atoms with Crippen molar-refractivity contribution in [2.24, 2.45) is 0 Å². The molecule has 5 heteroatoms. The van der Waals surface area contributed by atoms with Crippen LogP contribution in [-0.4, -0.2) is 35.7 Å². The van der Waals surface area contributed by atoms with Gasteiger partial charge in [0.1, 0.15) is 5.76 Å². The molecule has 2 amide bonds. The standard InChI is InChI=1S/C15H24N2O3/c1-15(2,3)16-14(18)17(11-13-5-4-8-20-13)12-6-9-19-10-7-12/h4-5,8,12H,6-7,9-11H2,1-3H3,(H,16,18). The van der Waals surface area contributed by atoms with E-state index in [0.29, 0.717) is 19.8 Å². The molecule has 0 aromatic carbocycles. The van der Waals surface area contributed by atoms with Gasteiger partial charge in [-0.2, -0.15) is 0 Å². The second kappa shape index (κ2) is 6.31. The van der Waals surface area contributed by atoms with Gasteiger partial charge in [0.2, 0.25) is 0 Å². The summed E-state index contributed by atoms with van der Waals surface area (Å²) in [6, 6.07) is 3.91. The Morgan fingerprint density at radius 1 is 1.40 bits per heavy atom. The van der Waals surface area contributed by atoms with Gasteiger partial charge in [0.05, 0.1) is 12.8 Å². The number of nitrogens with one attached hydrogen (secondary N) is 1. The van der Waals surface area contributed by atoms with E-state index < -0.39 is 0 Å². The van der Waals surface area contributed by atoms with Crippen molar-refractivity contribution in [2.75, 3.05) is 13.2 Å². The molecule has 1 N–H and O–H groups in total. The molecule has 1 saturated heterocycles. The second-order valence-electron chi connectivity index (χ2n) is 6.23. The van der Waals surface area contributed by atoms with E-state index in [4.69, 9.17) is 9.15 Å². The van der Waals surface area contributed by atoms with Crippen molar-refractivity contribution < 1.29 is 13.9 Å². The minimum Gasteiger partial charge on any atom is -0.467 e. The van der Waals surface area contributed by atoms with E-state index in [0.717, 1.165) is 18.6 Å². The molecule has 1 aromatic heterocycles. The van der Waals surface area contributed by atoms with Gasteiger partial charge in [-0.1, -0.05) is 0 Å². The molecule has 0 saturated carbocycles. The van der Waals surface area contributed by atoms with E-state index in [1.807, 2.05) is 37.8 Å². The number of rotatable bonds is 3. The number of urea groups is 1. The van der Waals surface area contributed by atoms with Crippen molar-refractivity contribution in [3.8, 4) is 0 Å². The van der Waals surface area contributed by atoms with E-state index in [9.17, 15) is 4.79 Å². The van der Waals surface area contributed by atoms with Crippen molar-refractivity contribution in [1.29, 1.82) is 0 Å². The Morgan fingerprint density at radius 3 is 2.65 bits per heavy atom. The summed E-state index contributed by atoms with van der Waals surface area (Å²) in [5.74, 6) is 0.806. The minimum absolute atomic E-state index is 0.0409. The number of carbonyl (C=O) groups excluding carboxylic acids is 1. The Bertz CT molecular complexity index is 417. The minimum atomic E-state index is -0.246. The largest absolute Gasteiger partial charge is 0.467 e. The highest BCUT2D eigenvalue weighted by Gasteiger charge is 2.28. The van der Waals surface area contributed by atoms with Crippen molar-refractivity contribution in [3.05, 3.63) is 24.2 Å². The lowest BCUT2D eigenvalue weighted by atomic mass is 10.1. The number of amides is 2. The van der Waals surface area contributed by atoms with Crippen molar-refractivity contribution in [3.63, 3.8) is 0 Å². The van der Waals surface area contributed by atoms with E-state index in [2.05, 4.69) is 5.32 Å². The lowest BCUT2D eigenvalue weighted by Gasteiger charge is -2.36. The van der Waals surface area contributed by atoms with E-state index in [-0.39, 0.29) is 17.6 Å². The number of nitrogens with zero attached hydrogens (tertiary/aromatic N) is 1. The number of ether oxygens (including phenoxy) is 1. The molecule has 5 nitrogen and oxygen atoms in total. The molecule has 0 bridgehead atoms. The Hall–Kier alpha value is -1.49. The van der Waals surface area contributed by atoms with Gasteiger partial charge in [-0.05, 0) is 45.7 Å². The Kier molecular flexibility index (Phi) is 4.70. The van der Waals surface area contributed by atoms with Crippen LogP contribution in [0.25, 0.3) is 0 Å². The number of furan rings is 1. The van der Waals surface area contributed by atoms with Crippen molar-refractivity contribution >= 4 is 6.03 Å². The topological polar surface area (TPSA) is 54.7 Å². The fourth-order valence-corrected chi connectivity index (χ4v) is 2.33. The predicted octanol–water partition coefficient (Wildman–Crippen LogP) is 2.77. The van der Waals surface area contributed by atoms with Gasteiger partial charge >= 0.3 is 6.03 Å². The third-order valence-corrected chi connectivity index (χ3v) is 3.28. The molecule has 0 radical (unpaired) electrons. The smallest absolute Gasteiger partial charge is 0.318 e. The maximum atomic E-state index is 12.5. The first-order valence-corrected chi connectivity index (χ1v) is 7.14. The summed E-state index contributed by atoms with van der Waals surface area (Å²) in [4.78, 5) is 14.4. The third kappa shape index (κ3) is 4.27. The molecule has 1 fully saturated rings. The molecule has 20 heavy (non-hydrogen) atoms. The molecule has 0 spiro atoms. The molecule has 2 heterocycles. The number of carbonyl (C=O) groups is 1. The summed E-state index contributed by atoms with van der Waals surface area (Å²) in [5, 5.41) is 3.03.